The molecule has 0 spiro atoms. The molecular weight excluding hydrogens is 250 g/mol. The SMILES string of the molecule is CCCNC(CO)(Cn1ccnc1C)c1ccccc1. The van der Waals surface area contributed by atoms with Gasteiger partial charge in [-0.2, -0.15) is 0 Å². The van der Waals surface area contributed by atoms with E-state index in [-0.39, 0.29) is 6.61 Å². The lowest BCUT2D eigenvalue weighted by atomic mass is 9.90. The number of hydrogen-bond acceptors (Lipinski definition) is 3. The van der Waals surface area contributed by atoms with E-state index in [2.05, 4.69) is 33.9 Å². The molecule has 0 saturated heterocycles. The molecular formula is C16H23N3O. The molecule has 20 heavy (non-hydrogen) atoms. The number of hydrogen-bond donors (Lipinski definition) is 2. The van der Waals surface area contributed by atoms with E-state index in [1.54, 1.807) is 6.20 Å². The summed E-state index contributed by atoms with van der Waals surface area (Å²) in [5, 5.41) is 13.6. The van der Waals surface area contributed by atoms with Crippen LogP contribution < -0.4 is 5.32 Å². The third-order valence-corrected chi connectivity index (χ3v) is 3.67. The fraction of sp³-hybridized carbons (Fsp3) is 0.438. The number of aryl methyl sites for hydroxylation is 1. The lowest BCUT2D eigenvalue weighted by Crippen LogP contribution is -2.49. The smallest absolute Gasteiger partial charge is 0.105 e. The summed E-state index contributed by atoms with van der Waals surface area (Å²) in [7, 11) is 0. The summed E-state index contributed by atoms with van der Waals surface area (Å²) >= 11 is 0. The van der Waals surface area contributed by atoms with Gasteiger partial charge in [0, 0.05) is 18.9 Å². The number of aromatic nitrogens is 2. The van der Waals surface area contributed by atoms with Crippen LogP contribution >= 0.6 is 0 Å². The quantitative estimate of drug-likeness (QED) is 0.812. The summed E-state index contributed by atoms with van der Waals surface area (Å²) in [6, 6.07) is 10.1. The number of nitrogens with zero attached hydrogens (tertiary/aromatic N) is 2. The molecule has 1 aromatic heterocycles. The van der Waals surface area contributed by atoms with Crippen molar-refractivity contribution in [1.29, 1.82) is 0 Å². The van der Waals surface area contributed by atoms with Crippen molar-refractivity contribution in [2.24, 2.45) is 0 Å². The van der Waals surface area contributed by atoms with Gasteiger partial charge in [0.05, 0.1) is 12.1 Å². The maximum Gasteiger partial charge on any atom is 0.105 e. The second kappa shape index (κ2) is 6.68. The molecule has 0 aliphatic heterocycles. The van der Waals surface area contributed by atoms with E-state index in [0.29, 0.717) is 6.54 Å². The summed E-state index contributed by atoms with van der Waals surface area (Å²) in [4.78, 5) is 4.26. The molecule has 0 aliphatic rings. The van der Waals surface area contributed by atoms with Gasteiger partial charge in [-0.3, -0.25) is 0 Å². The molecule has 2 aromatic rings. The average molecular weight is 273 g/mol. The number of imidazole rings is 1. The molecule has 0 aliphatic carbocycles. The van der Waals surface area contributed by atoms with Crippen LogP contribution in [0, 0.1) is 6.92 Å². The van der Waals surface area contributed by atoms with Gasteiger partial charge in [0.1, 0.15) is 5.82 Å². The first-order valence-electron chi connectivity index (χ1n) is 7.11. The summed E-state index contributed by atoms with van der Waals surface area (Å²) in [6.07, 6.45) is 4.77. The third kappa shape index (κ3) is 3.08. The number of benzene rings is 1. The molecule has 1 atom stereocenters. The molecule has 4 heteroatoms. The van der Waals surface area contributed by atoms with Crippen LogP contribution in [0.3, 0.4) is 0 Å². The second-order valence-corrected chi connectivity index (χ2v) is 5.14. The fourth-order valence-electron chi connectivity index (χ4n) is 2.43. The monoisotopic (exact) mass is 273 g/mol. The summed E-state index contributed by atoms with van der Waals surface area (Å²) in [5.74, 6) is 0.956. The largest absolute Gasteiger partial charge is 0.394 e. The Morgan fingerprint density at radius 3 is 2.60 bits per heavy atom. The van der Waals surface area contributed by atoms with Crippen LogP contribution in [0.2, 0.25) is 0 Å². The van der Waals surface area contributed by atoms with Crippen molar-refractivity contribution >= 4 is 0 Å². The van der Waals surface area contributed by atoms with Crippen molar-refractivity contribution in [3.63, 3.8) is 0 Å². The Morgan fingerprint density at radius 1 is 1.30 bits per heavy atom. The summed E-state index contributed by atoms with van der Waals surface area (Å²) in [5.41, 5.74) is 0.631. The first-order valence-corrected chi connectivity index (χ1v) is 7.11. The van der Waals surface area contributed by atoms with E-state index in [1.165, 1.54) is 0 Å². The molecule has 1 aromatic carbocycles. The topological polar surface area (TPSA) is 50.1 Å². The van der Waals surface area contributed by atoms with Crippen molar-refractivity contribution < 1.29 is 5.11 Å². The highest BCUT2D eigenvalue weighted by Gasteiger charge is 2.31. The summed E-state index contributed by atoms with van der Waals surface area (Å²) in [6.45, 7) is 5.69. The Bertz CT molecular complexity index is 524. The van der Waals surface area contributed by atoms with Gasteiger partial charge in [0.25, 0.3) is 0 Å². The number of aliphatic hydroxyl groups is 1. The molecule has 4 nitrogen and oxygen atoms in total. The first kappa shape index (κ1) is 14.8. The average Bonchev–Trinajstić information content (AvgIpc) is 2.89. The highest BCUT2D eigenvalue weighted by molar-refractivity contribution is 5.25. The molecule has 0 amide bonds. The standard InChI is InChI=1S/C16H23N3O/c1-3-9-18-16(13-20,15-7-5-4-6-8-15)12-19-11-10-17-14(19)2/h4-8,10-11,18,20H,3,9,12-13H2,1-2H3. The van der Waals surface area contributed by atoms with Gasteiger partial charge in [0.15, 0.2) is 0 Å². The Labute approximate surface area is 120 Å². The van der Waals surface area contributed by atoms with Gasteiger partial charge in [-0.1, -0.05) is 37.3 Å². The normalized spacial score (nSPS) is 14.2. The van der Waals surface area contributed by atoms with Crippen LogP contribution in [-0.2, 0) is 12.1 Å². The molecule has 0 radical (unpaired) electrons. The van der Waals surface area contributed by atoms with Crippen molar-refractivity contribution in [3.8, 4) is 0 Å². The molecule has 1 unspecified atom stereocenters. The maximum atomic E-state index is 10.1. The highest BCUT2D eigenvalue weighted by atomic mass is 16.3. The van der Waals surface area contributed by atoms with Gasteiger partial charge >= 0.3 is 0 Å². The molecule has 1 heterocycles. The lowest BCUT2D eigenvalue weighted by molar-refractivity contribution is 0.141. The van der Waals surface area contributed by atoms with Gasteiger partial charge in [-0.25, -0.2) is 4.98 Å². The molecule has 0 bridgehead atoms. The van der Waals surface area contributed by atoms with Crippen molar-refractivity contribution in [1.82, 2.24) is 14.9 Å². The molecule has 108 valence electrons. The fourth-order valence-corrected chi connectivity index (χ4v) is 2.43. The van der Waals surface area contributed by atoms with Crippen molar-refractivity contribution in [3.05, 3.63) is 54.1 Å². The third-order valence-electron chi connectivity index (χ3n) is 3.67. The van der Waals surface area contributed by atoms with Crippen LogP contribution in [-0.4, -0.2) is 27.8 Å². The summed E-state index contributed by atoms with van der Waals surface area (Å²) < 4.78 is 2.08. The van der Waals surface area contributed by atoms with E-state index in [1.807, 2.05) is 31.3 Å². The van der Waals surface area contributed by atoms with E-state index in [4.69, 9.17) is 0 Å². The maximum absolute atomic E-state index is 10.1. The van der Waals surface area contributed by atoms with Crippen LogP contribution in [0.4, 0.5) is 0 Å². The van der Waals surface area contributed by atoms with Crippen LogP contribution in [0.1, 0.15) is 24.7 Å². The van der Waals surface area contributed by atoms with Crippen LogP contribution in [0.5, 0.6) is 0 Å². The zero-order chi connectivity index (χ0) is 14.4. The Kier molecular flexibility index (Phi) is 4.93. The first-order chi connectivity index (χ1) is 9.72. The Hall–Kier alpha value is -1.65. The zero-order valence-corrected chi connectivity index (χ0v) is 12.2. The minimum absolute atomic E-state index is 0.0502. The minimum Gasteiger partial charge on any atom is -0.394 e. The molecule has 2 N–H and O–H groups in total. The van der Waals surface area contributed by atoms with E-state index in [9.17, 15) is 5.11 Å². The predicted molar refractivity (Wildman–Crippen MR) is 80.5 cm³/mol. The van der Waals surface area contributed by atoms with Gasteiger partial charge in [0.2, 0.25) is 0 Å². The Balaban J connectivity index is 2.34. The zero-order valence-electron chi connectivity index (χ0n) is 12.2. The number of rotatable bonds is 7. The van der Waals surface area contributed by atoms with Crippen LogP contribution in [0.15, 0.2) is 42.7 Å². The highest BCUT2D eigenvalue weighted by Crippen LogP contribution is 2.23. The minimum atomic E-state index is -0.470. The van der Waals surface area contributed by atoms with E-state index in [0.717, 1.165) is 24.4 Å². The van der Waals surface area contributed by atoms with Crippen molar-refractivity contribution in [2.45, 2.75) is 32.4 Å². The van der Waals surface area contributed by atoms with Gasteiger partial charge < -0.3 is 15.0 Å². The molecule has 0 saturated carbocycles. The molecule has 0 fully saturated rings. The van der Waals surface area contributed by atoms with Gasteiger partial charge in [-0.15, -0.1) is 0 Å². The predicted octanol–water partition coefficient (Wildman–Crippen LogP) is 2.08. The van der Waals surface area contributed by atoms with E-state index >= 15 is 0 Å². The van der Waals surface area contributed by atoms with Gasteiger partial charge in [-0.05, 0) is 25.5 Å². The Morgan fingerprint density at radius 2 is 2.05 bits per heavy atom. The van der Waals surface area contributed by atoms with Crippen molar-refractivity contribution in [2.75, 3.05) is 13.2 Å². The molecule has 2 rings (SSSR count). The lowest BCUT2D eigenvalue weighted by Gasteiger charge is -2.34. The second-order valence-electron chi connectivity index (χ2n) is 5.14. The van der Waals surface area contributed by atoms with Crippen LogP contribution in [0.25, 0.3) is 0 Å². The van der Waals surface area contributed by atoms with E-state index < -0.39 is 5.54 Å². The number of nitrogens with one attached hydrogen (secondary N) is 1. The number of aliphatic hydroxyl groups excluding tert-OH is 1.